The molecular weight excluding hydrogens is 328 g/mol. The third-order valence-corrected chi connectivity index (χ3v) is 4.41. The van der Waals surface area contributed by atoms with Gasteiger partial charge in [0.05, 0.1) is 6.61 Å². The van der Waals surface area contributed by atoms with E-state index in [0.717, 1.165) is 0 Å². The molecule has 0 unspecified atom stereocenters. The van der Waals surface area contributed by atoms with E-state index in [1.807, 2.05) is 0 Å². The standard InChI is InChI=1S/C18H18O5S/c1-3-8-15-11-14(13-19)12-17(22-4-2)18(15)23-24(20,21)16-9-6-5-7-10-16/h3,5-7,9-13H,1,4,8H2,2H3. The number of benzene rings is 2. The van der Waals surface area contributed by atoms with Crippen LogP contribution < -0.4 is 8.92 Å². The maximum absolute atomic E-state index is 12.5. The first-order chi connectivity index (χ1) is 11.5. The SMILES string of the molecule is C=CCc1cc(C=O)cc(OCC)c1OS(=O)(=O)c1ccccc1. The fourth-order valence-corrected chi connectivity index (χ4v) is 3.16. The van der Waals surface area contributed by atoms with Gasteiger partial charge in [0.15, 0.2) is 11.5 Å². The fraction of sp³-hybridized carbons (Fsp3) is 0.167. The summed E-state index contributed by atoms with van der Waals surface area (Å²) in [6, 6.07) is 10.9. The number of allylic oxidation sites excluding steroid dienone is 1. The van der Waals surface area contributed by atoms with Crippen LogP contribution in [-0.2, 0) is 16.5 Å². The number of rotatable bonds is 8. The lowest BCUT2D eigenvalue weighted by atomic mass is 10.1. The molecule has 0 spiro atoms. The number of carbonyl (C=O) groups excluding carboxylic acids is 1. The Labute approximate surface area is 141 Å². The fourth-order valence-electron chi connectivity index (χ4n) is 2.16. The van der Waals surface area contributed by atoms with Crippen LogP contribution in [0.4, 0.5) is 0 Å². The molecule has 0 amide bonds. The highest BCUT2D eigenvalue weighted by Gasteiger charge is 2.22. The zero-order valence-corrected chi connectivity index (χ0v) is 14.1. The summed E-state index contributed by atoms with van der Waals surface area (Å²) in [6.07, 6.45) is 2.60. The molecule has 0 aliphatic heterocycles. The second kappa shape index (κ2) is 7.79. The Bertz CT molecular complexity index is 826. The first-order valence-corrected chi connectivity index (χ1v) is 8.78. The lowest BCUT2D eigenvalue weighted by Crippen LogP contribution is -2.12. The van der Waals surface area contributed by atoms with Gasteiger partial charge in [-0.05, 0) is 37.6 Å². The van der Waals surface area contributed by atoms with Crippen LogP contribution in [0, 0.1) is 0 Å². The molecule has 0 aliphatic carbocycles. The van der Waals surface area contributed by atoms with Crippen molar-refractivity contribution in [3.63, 3.8) is 0 Å². The molecule has 0 N–H and O–H groups in total. The van der Waals surface area contributed by atoms with E-state index in [4.69, 9.17) is 8.92 Å². The summed E-state index contributed by atoms with van der Waals surface area (Å²) in [4.78, 5) is 11.1. The van der Waals surface area contributed by atoms with E-state index in [2.05, 4.69) is 6.58 Å². The first kappa shape index (κ1) is 17.7. The van der Waals surface area contributed by atoms with Gasteiger partial charge in [0.1, 0.15) is 11.2 Å². The van der Waals surface area contributed by atoms with Crippen molar-refractivity contribution in [1.29, 1.82) is 0 Å². The third-order valence-electron chi connectivity index (χ3n) is 3.18. The molecule has 0 fully saturated rings. The van der Waals surface area contributed by atoms with E-state index in [1.54, 1.807) is 37.3 Å². The molecule has 0 saturated heterocycles. The van der Waals surface area contributed by atoms with Crippen molar-refractivity contribution in [3.8, 4) is 11.5 Å². The Morgan fingerprint density at radius 3 is 2.46 bits per heavy atom. The Morgan fingerprint density at radius 1 is 1.17 bits per heavy atom. The minimum Gasteiger partial charge on any atom is -0.490 e. The Balaban J connectivity index is 2.54. The summed E-state index contributed by atoms with van der Waals surface area (Å²) in [5.74, 6) is 0.282. The summed E-state index contributed by atoms with van der Waals surface area (Å²) >= 11 is 0. The normalized spacial score (nSPS) is 10.9. The lowest BCUT2D eigenvalue weighted by molar-refractivity contribution is 0.112. The van der Waals surface area contributed by atoms with Crippen LogP contribution in [0.25, 0.3) is 0 Å². The molecule has 126 valence electrons. The molecule has 0 heterocycles. The minimum absolute atomic E-state index is 0.0384. The summed E-state index contributed by atoms with van der Waals surface area (Å²) in [5, 5.41) is 0. The van der Waals surface area contributed by atoms with Gasteiger partial charge in [-0.15, -0.1) is 6.58 Å². The number of hydrogen-bond acceptors (Lipinski definition) is 5. The second-order valence-electron chi connectivity index (χ2n) is 4.90. The Morgan fingerprint density at radius 2 is 1.88 bits per heavy atom. The van der Waals surface area contributed by atoms with Crippen LogP contribution in [0.1, 0.15) is 22.8 Å². The molecular formula is C18H18O5S. The lowest BCUT2D eigenvalue weighted by Gasteiger charge is -2.16. The van der Waals surface area contributed by atoms with Gasteiger partial charge in [0, 0.05) is 11.1 Å². The zero-order valence-electron chi connectivity index (χ0n) is 13.3. The van der Waals surface area contributed by atoms with Gasteiger partial charge in [-0.3, -0.25) is 4.79 Å². The van der Waals surface area contributed by atoms with Gasteiger partial charge in [-0.1, -0.05) is 24.3 Å². The molecule has 5 nitrogen and oxygen atoms in total. The van der Waals surface area contributed by atoms with E-state index in [9.17, 15) is 13.2 Å². The molecule has 0 saturated carbocycles. The van der Waals surface area contributed by atoms with E-state index < -0.39 is 10.1 Å². The maximum atomic E-state index is 12.5. The highest BCUT2D eigenvalue weighted by Crippen LogP contribution is 2.35. The highest BCUT2D eigenvalue weighted by atomic mass is 32.2. The average Bonchev–Trinajstić information content (AvgIpc) is 2.58. The molecule has 2 rings (SSSR count). The van der Waals surface area contributed by atoms with Gasteiger partial charge in [0.2, 0.25) is 0 Å². The summed E-state index contributed by atoms with van der Waals surface area (Å²) in [7, 11) is -4.02. The highest BCUT2D eigenvalue weighted by molar-refractivity contribution is 7.87. The summed E-state index contributed by atoms with van der Waals surface area (Å²) in [5.41, 5.74) is 0.886. The first-order valence-electron chi connectivity index (χ1n) is 7.37. The van der Waals surface area contributed by atoms with Gasteiger partial charge in [-0.2, -0.15) is 8.42 Å². The monoisotopic (exact) mass is 346 g/mol. The van der Waals surface area contributed by atoms with Gasteiger partial charge < -0.3 is 8.92 Å². The van der Waals surface area contributed by atoms with Crippen LogP contribution in [0.5, 0.6) is 11.5 Å². The molecule has 6 heteroatoms. The molecule has 2 aromatic carbocycles. The van der Waals surface area contributed by atoms with E-state index >= 15 is 0 Å². The minimum atomic E-state index is -4.02. The number of hydrogen-bond donors (Lipinski definition) is 0. The van der Waals surface area contributed by atoms with E-state index in [1.165, 1.54) is 18.2 Å². The van der Waals surface area contributed by atoms with E-state index in [-0.39, 0.29) is 16.4 Å². The van der Waals surface area contributed by atoms with E-state index in [0.29, 0.717) is 30.4 Å². The van der Waals surface area contributed by atoms with Crippen LogP contribution in [0.3, 0.4) is 0 Å². The zero-order chi connectivity index (χ0) is 17.6. The topological polar surface area (TPSA) is 69.7 Å². The second-order valence-corrected chi connectivity index (χ2v) is 6.45. The third kappa shape index (κ3) is 4.02. The number of aldehydes is 1. The van der Waals surface area contributed by atoms with Crippen LogP contribution in [0.15, 0.2) is 60.0 Å². The molecule has 2 aromatic rings. The summed E-state index contributed by atoms with van der Waals surface area (Å²) in [6.45, 7) is 5.71. The predicted octanol–water partition coefficient (Wildman–Crippen LogP) is 3.39. The van der Waals surface area contributed by atoms with Gasteiger partial charge >= 0.3 is 10.1 Å². The maximum Gasteiger partial charge on any atom is 0.339 e. The molecule has 0 bridgehead atoms. The van der Waals surface area contributed by atoms with Crippen molar-refractivity contribution in [3.05, 3.63) is 66.2 Å². The van der Waals surface area contributed by atoms with Gasteiger partial charge in [0.25, 0.3) is 0 Å². The van der Waals surface area contributed by atoms with Gasteiger partial charge in [-0.25, -0.2) is 0 Å². The van der Waals surface area contributed by atoms with Crippen molar-refractivity contribution in [2.24, 2.45) is 0 Å². The molecule has 0 aliphatic rings. The smallest absolute Gasteiger partial charge is 0.339 e. The molecule has 0 radical (unpaired) electrons. The number of ether oxygens (including phenoxy) is 1. The quantitative estimate of drug-likeness (QED) is 0.416. The van der Waals surface area contributed by atoms with Crippen molar-refractivity contribution in [2.45, 2.75) is 18.2 Å². The van der Waals surface area contributed by atoms with Crippen molar-refractivity contribution >= 4 is 16.4 Å². The van der Waals surface area contributed by atoms with Crippen LogP contribution in [-0.4, -0.2) is 21.3 Å². The molecule has 0 aromatic heterocycles. The van der Waals surface area contributed by atoms with Crippen molar-refractivity contribution in [2.75, 3.05) is 6.61 Å². The Hall–Kier alpha value is -2.60. The average molecular weight is 346 g/mol. The largest absolute Gasteiger partial charge is 0.490 e. The van der Waals surface area contributed by atoms with Crippen LogP contribution in [0.2, 0.25) is 0 Å². The molecule has 0 atom stereocenters. The predicted molar refractivity (Wildman–Crippen MR) is 91.2 cm³/mol. The number of carbonyl (C=O) groups is 1. The summed E-state index contributed by atoms with van der Waals surface area (Å²) < 4.78 is 35.8. The molecule has 24 heavy (non-hydrogen) atoms. The van der Waals surface area contributed by atoms with Crippen molar-refractivity contribution in [1.82, 2.24) is 0 Å². The van der Waals surface area contributed by atoms with Crippen LogP contribution >= 0.6 is 0 Å². The van der Waals surface area contributed by atoms with Crippen molar-refractivity contribution < 1.29 is 22.1 Å². The Kier molecular flexibility index (Phi) is 5.76.